The molecule has 2 aliphatic heterocycles. The van der Waals surface area contributed by atoms with Crippen LogP contribution in [0.2, 0.25) is 5.02 Å². The number of benzene rings is 3. The van der Waals surface area contributed by atoms with Crippen LogP contribution in [0.4, 0.5) is 5.69 Å². The van der Waals surface area contributed by atoms with Crippen LogP contribution in [-0.4, -0.2) is 36.5 Å². The van der Waals surface area contributed by atoms with Gasteiger partial charge in [-0.3, -0.25) is 14.4 Å². The maximum Gasteiger partial charge on any atom is 0.180 e. The van der Waals surface area contributed by atoms with Gasteiger partial charge in [-0.2, -0.15) is 0 Å². The molecule has 0 bridgehead atoms. The fraction of sp³-hybridized carbons (Fsp3) is 0.281. The Bertz CT molecular complexity index is 1510. The van der Waals surface area contributed by atoms with E-state index < -0.39 is 28.8 Å². The molecule has 6 heteroatoms. The van der Waals surface area contributed by atoms with Gasteiger partial charge >= 0.3 is 0 Å². The van der Waals surface area contributed by atoms with Crippen molar-refractivity contribution in [3.05, 3.63) is 100 Å². The molecular formula is C32H28ClNO4. The zero-order chi connectivity index (χ0) is 27.0. The lowest BCUT2D eigenvalue weighted by Crippen LogP contribution is -2.49. The van der Waals surface area contributed by atoms with Crippen LogP contribution in [0.15, 0.2) is 72.8 Å². The fourth-order valence-electron chi connectivity index (χ4n) is 6.60. The number of hydrogen-bond donors (Lipinski definition) is 0. The molecule has 0 N–H and O–H groups in total. The molecule has 1 aliphatic carbocycles. The number of Topliss-reactive ketones (excluding diaryl/α,β-unsaturated/α-hetero) is 3. The first-order valence-electron chi connectivity index (χ1n) is 12.7. The van der Waals surface area contributed by atoms with E-state index in [-0.39, 0.29) is 17.3 Å². The second-order valence-electron chi connectivity index (χ2n) is 11.3. The summed E-state index contributed by atoms with van der Waals surface area (Å²) in [4.78, 5) is 45.5. The fourth-order valence-corrected chi connectivity index (χ4v) is 6.78. The molecule has 1 saturated heterocycles. The summed E-state index contributed by atoms with van der Waals surface area (Å²) in [6.07, 6.45) is 3.82. The van der Waals surface area contributed by atoms with Gasteiger partial charge in [0.1, 0.15) is 11.2 Å². The number of methoxy groups -OCH3 is 1. The highest BCUT2D eigenvalue weighted by Crippen LogP contribution is 2.61. The Morgan fingerprint density at radius 2 is 1.63 bits per heavy atom. The highest BCUT2D eigenvalue weighted by molar-refractivity contribution is 6.32. The normalized spacial score (nSPS) is 22.9. The lowest BCUT2D eigenvalue weighted by Gasteiger charge is -2.38. The van der Waals surface area contributed by atoms with Crippen molar-refractivity contribution in [2.24, 2.45) is 10.8 Å². The van der Waals surface area contributed by atoms with E-state index in [1.807, 2.05) is 74.2 Å². The van der Waals surface area contributed by atoms with Gasteiger partial charge < -0.3 is 9.64 Å². The second-order valence-corrected chi connectivity index (χ2v) is 11.7. The Morgan fingerprint density at radius 1 is 0.947 bits per heavy atom. The molecule has 3 aliphatic rings. The van der Waals surface area contributed by atoms with Gasteiger partial charge in [0.25, 0.3) is 0 Å². The molecule has 3 aromatic rings. The molecule has 2 heterocycles. The average molecular weight is 526 g/mol. The van der Waals surface area contributed by atoms with Crippen molar-refractivity contribution < 1.29 is 19.1 Å². The van der Waals surface area contributed by atoms with Gasteiger partial charge in [-0.15, -0.1) is 0 Å². The van der Waals surface area contributed by atoms with Crippen molar-refractivity contribution in [1.82, 2.24) is 0 Å². The molecule has 1 spiro atoms. The molecule has 3 aromatic carbocycles. The van der Waals surface area contributed by atoms with E-state index in [1.165, 1.54) is 0 Å². The van der Waals surface area contributed by atoms with E-state index in [2.05, 4.69) is 0 Å². The molecule has 38 heavy (non-hydrogen) atoms. The molecular weight excluding hydrogens is 498 g/mol. The van der Waals surface area contributed by atoms with Crippen molar-refractivity contribution in [3.63, 3.8) is 0 Å². The lowest BCUT2D eigenvalue weighted by molar-refractivity contribution is -0.127. The van der Waals surface area contributed by atoms with Crippen molar-refractivity contribution in [1.29, 1.82) is 0 Å². The third-order valence-electron chi connectivity index (χ3n) is 8.23. The molecule has 192 valence electrons. The van der Waals surface area contributed by atoms with Crippen molar-refractivity contribution in [3.8, 4) is 5.75 Å². The van der Waals surface area contributed by atoms with Crippen molar-refractivity contribution >= 4 is 40.7 Å². The monoisotopic (exact) mass is 525 g/mol. The summed E-state index contributed by atoms with van der Waals surface area (Å²) in [5.41, 5.74) is 0.912. The summed E-state index contributed by atoms with van der Waals surface area (Å²) in [6, 6.07) is 18.5. The van der Waals surface area contributed by atoms with Crippen LogP contribution in [0.5, 0.6) is 5.75 Å². The van der Waals surface area contributed by atoms with E-state index in [0.717, 1.165) is 16.8 Å². The number of rotatable bonds is 3. The molecule has 0 radical (unpaired) electrons. The third-order valence-corrected chi connectivity index (χ3v) is 8.46. The van der Waals surface area contributed by atoms with Crippen LogP contribution in [0.1, 0.15) is 58.5 Å². The highest BCUT2D eigenvalue weighted by atomic mass is 35.5. The van der Waals surface area contributed by atoms with E-state index in [0.29, 0.717) is 21.9 Å². The summed E-state index contributed by atoms with van der Waals surface area (Å²) < 4.78 is 5.54. The lowest BCUT2D eigenvalue weighted by atomic mass is 9.63. The molecule has 3 atom stereocenters. The van der Waals surface area contributed by atoms with Gasteiger partial charge in [0, 0.05) is 33.2 Å². The van der Waals surface area contributed by atoms with Gasteiger partial charge in [-0.05, 0) is 41.5 Å². The number of ether oxygens (including phenoxy) is 1. The number of halogens is 1. The van der Waals surface area contributed by atoms with Crippen LogP contribution in [0.3, 0.4) is 0 Å². The average Bonchev–Trinajstić information content (AvgIpc) is 3.33. The standard InChI is InChI=1S/C32H28ClNO4/c1-31(2,3)30(37)27-26(19-8-7-9-21(17-19)38-4)32(28(35)22-10-5-6-11-23(22)29(32)36)25-15-12-18-16-20(33)13-14-24(18)34(25)27/h5-17,25-27H,1-4H3/t25-,26+,27+/m0/s1. The largest absolute Gasteiger partial charge is 0.497 e. The Kier molecular flexibility index (Phi) is 5.45. The third kappa shape index (κ3) is 3.21. The minimum atomic E-state index is -1.52. The molecule has 0 saturated carbocycles. The van der Waals surface area contributed by atoms with Gasteiger partial charge in [0.2, 0.25) is 0 Å². The Hall–Kier alpha value is -3.70. The van der Waals surface area contributed by atoms with Crippen LogP contribution in [-0.2, 0) is 4.79 Å². The number of anilines is 1. The molecule has 5 nitrogen and oxygen atoms in total. The predicted octanol–water partition coefficient (Wildman–Crippen LogP) is 6.40. The summed E-state index contributed by atoms with van der Waals surface area (Å²) in [7, 11) is 1.58. The first-order chi connectivity index (χ1) is 18.1. The highest BCUT2D eigenvalue weighted by Gasteiger charge is 2.71. The van der Waals surface area contributed by atoms with Gasteiger partial charge in [-0.1, -0.05) is 80.9 Å². The summed E-state index contributed by atoms with van der Waals surface area (Å²) in [6.45, 7) is 5.65. The first kappa shape index (κ1) is 24.6. The van der Waals surface area contributed by atoms with Crippen molar-refractivity contribution in [2.45, 2.75) is 38.8 Å². The number of ketones is 3. The Labute approximate surface area is 227 Å². The zero-order valence-electron chi connectivity index (χ0n) is 21.7. The van der Waals surface area contributed by atoms with Crippen LogP contribution in [0.25, 0.3) is 6.08 Å². The smallest absolute Gasteiger partial charge is 0.180 e. The number of carbonyl (C=O) groups excluding carboxylic acids is 3. The molecule has 0 unspecified atom stereocenters. The molecule has 6 rings (SSSR count). The van der Waals surface area contributed by atoms with Crippen LogP contribution in [0, 0.1) is 10.8 Å². The zero-order valence-corrected chi connectivity index (χ0v) is 22.5. The quantitative estimate of drug-likeness (QED) is 0.370. The number of hydrogen-bond acceptors (Lipinski definition) is 5. The van der Waals surface area contributed by atoms with E-state index >= 15 is 0 Å². The Balaban J connectivity index is 1.70. The summed E-state index contributed by atoms with van der Waals surface area (Å²) in [5, 5.41) is 0.573. The van der Waals surface area contributed by atoms with Crippen molar-refractivity contribution in [2.75, 3.05) is 12.0 Å². The minimum absolute atomic E-state index is 0.0417. The number of fused-ring (bicyclic) bond motifs is 5. The number of nitrogens with zero attached hydrogens (tertiary/aromatic N) is 1. The molecule has 0 aromatic heterocycles. The maximum atomic E-state index is 14.6. The summed E-state index contributed by atoms with van der Waals surface area (Å²) in [5.74, 6) is -0.671. The van der Waals surface area contributed by atoms with E-state index in [4.69, 9.17) is 16.3 Å². The minimum Gasteiger partial charge on any atom is -0.497 e. The molecule has 1 fully saturated rings. The van der Waals surface area contributed by atoms with E-state index in [9.17, 15) is 14.4 Å². The summed E-state index contributed by atoms with van der Waals surface area (Å²) >= 11 is 6.34. The second kappa shape index (κ2) is 8.40. The Morgan fingerprint density at radius 3 is 2.26 bits per heavy atom. The van der Waals surface area contributed by atoms with Crippen LogP contribution >= 0.6 is 11.6 Å². The topological polar surface area (TPSA) is 63.7 Å². The molecule has 0 amide bonds. The maximum absolute atomic E-state index is 14.6. The van der Waals surface area contributed by atoms with Gasteiger partial charge in [0.15, 0.2) is 17.3 Å². The van der Waals surface area contributed by atoms with Gasteiger partial charge in [-0.25, -0.2) is 0 Å². The van der Waals surface area contributed by atoms with Gasteiger partial charge in [0.05, 0.1) is 19.2 Å². The predicted molar refractivity (Wildman–Crippen MR) is 148 cm³/mol. The first-order valence-corrected chi connectivity index (χ1v) is 13.1. The van der Waals surface area contributed by atoms with Crippen LogP contribution < -0.4 is 9.64 Å². The number of carbonyl (C=O) groups is 3. The SMILES string of the molecule is COc1cccc([C@@H]2[C@H](C(=O)C(C)(C)C)N3c4ccc(Cl)cc4C=C[C@H]3C23C(=O)c2ccccc2C3=O)c1. The van der Waals surface area contributed by atoms with E-state index in [1.54, 1.807) is 37.4 Å².